The molecule has 0 aromatic carbocycles. The van der Waals surface area contributed by atoms with Crippen molar-refractivity contribution in [2.45, 2.75) is 24.5 Å². The van der Waals surface area contributed by atoms with Crippen LogP contribution < -0.4 is 11.2 Å². The Balaban J connectivity index is 2.30. The standard InChI is InChI=1S/C10H16N2O12P2/c1-21-4-5-8(23-26(19,20)24-25(16,17)18)7(14)9(22-5)12-3-2-6(13)11-10(12)15/h2-3,5,7-9,14H,4H2,1H3,(H,19,20)(H,11,13,15)(H2,16,17,18)/t5-,7-,8-,9-/m1/s1. The number of rotatable bonds is 7. The van der Waals surface area contributed by atoms with Crippen LogP contribution in [-0.4, -0.2) is 61.4 Å². The highest BCUT2D eigenvalue weighted by molar-refractivity contribution is 7.60. The maximum atomic E-state index is 11.8. The summed E-state index contributed by atoms with van der Waals surface area (Å²) in [5.74, 6) is 0. The number of nitrogens with one attached hydrogen (secondary N) is 1. The van der Waals surface area contributed by atoms with E-state index >= 15 is 0 Å². The molecule has 5 N–H and O–H groups in total. The molecular weight excluding hydrogens is 402 g/mol. The molecule has 1 saturated heterocycles. The highest BCUT2D eigenvalue weighted by Crippen LogP contribution is 2.59. The highest BCUT2D eigenvalue weighted by atomic mass is 31.3. The second-order valence-electron chi connectivity index (χ2n) is 5.14. The Morgan fingerprint density at radius 1 is 1.31 bits per heavy atom. The fourth-order valence-corrected chi connectivity index (χ4v) is 4.11. The first-order chi connectivity index (χ1) is 11.9. The lowest BCUT2D eigenvalue weighted by molar-refractivity contribution is -0.0612. The Labute approximate surface area is 144 Å². The molecule has 1 fully saturated rings. The first kappa shape index (κ1) is 21.1. The zero-order chi connectivity index (χ0) is 19.7. The number of aromatic amines is 1. The van der Waals surface area contributed by atoms with Crippen LogP contribution in [0.5, 0.6) is 0 Å². The number of nitrogens with zero attached hydrogens (tertiary/aromatic N) is 1. The van der Waals surface area contributed by atoms with Crippen LogP contribution in [0.25, 0.3) is 0 Å². The molecule has 0 saturated carbocycles. The van der Waals surface area contributed by atoms with E-state index in [0.717, 1.165) is 16.8 Å². The van der Waals surface area contributed by atoms with Crippen LogP contribution >= 0.6 is 15.6 Å². The van der Waals surface area contributed by atoms with Gasteiger partial charge >= 0.3 is 21.3 Å². The van der Waals surface area contributed by atoms with Crippen LogP contribution in [0.3, 0.4) is 0 Å². The summed E-state index contributed by atoms with van der Waals surface area (Å²) < 4.78 is 41.8. The van der Waals surface area contributed by atoms with Gasteiger partial charge in [0.05, 0.1) is 6.61 Å². The highest BCUT2D eigenvalue weighted by Gasteiger charge is 2.50. The average Bonchev–Trinajstić information content (AvgIpc) is 2.74. The fourth-order valence-electron chi connectivity index (χ4n) is 2.31. The van der Waals surface area contributed by atoms with Gasteiger partial charge in [0, 0.05) is 19.4 Å². The van der Waals surface area contributed by atoms with E-state index in [9.17, 15) is 28.7 Å². The summed E-state index contributed by atoms with van der Waals surface area (Å²) in [5.41, 5.74) is -1.63. The molecule has 148 valence electrons. The Bertz CT molecular complexity index is 845. The molecule has 5 atom stereocenters. The van der Waals surface area contributed by atoms with Crippen molar-refractivity contribution in [1.29, 1.82) is 0 Å². The van der Waals surface area contributed by atoms with Gasteiger partial charge in [-0.05, 0) is 0 Å². The van der Waals surface area contributed by atoms with E-state index in [1.54, 1.807) is 0 Å². The SMILES string of the molecule is COC[C@H]1O[C@@H](n2ccc(=O)[nH]c2=O)[C@H](O)[C@@H]1OP(=O)(O)OP(=O)(O)O. The molecule has 14 nitrogen and oxygen atoms in total. The summed E-state index contributed by atoms with van der Waals surface area (Å²) >= 11 is 0. The third kappa shape index (κ3) is 5.18. The number of aliphatic hydroxyl groups excluding tert-OH is 1. The predicted molar refractivity (Wildman–Crippen MR) is 80.9 cm³/mol. The van der Waals surface area contributed by atoms with Gasteiger partial charge in [-0.15, -0.1) is 0 Å². The summed E-state index contributed by atoms with van der Waals surface area (Å²) in [6.07, 6.45) is -5.04. The van der Waals surface area contributed by atoms with E-state index in [0.29, 0.717) is 0 Å². The van der Waals surface area contributed by atoms with Crippen molar-refractivity contribution in [2.75, 3.05) is 13.7 Å². The maximum Gasteiger partial charge on any atom is 0.481 e. The summed E-state index contributed by atoms with van der Waals surface area (Å²) in [4.78, 5) is 51.6. The normalized spacial score (nSPS) is 28.8. The van der Waals surface area contributed by atoms with Crippen LogP contribution in [0, 0.1) is 0 Å². The second-order valence-corrected chi connectivity index (χ2v) is 7.92. The van der Waals surface area contributed by atoms with Gasteiger partial charge in [-0.3, -0.25) is 18.9 Å². The molecule has 1 aromatic rings. The van der Waals surface area contributed by atoms with Crippen LogP contribution in [0.1, 0.15) is 6.23 Å². The molecule has 0 amide bonds. The predicted octanol–water partition coefficient (Wildman–Crippen LogP) is -1.96. The number of aliphatic hydroxyl groups is 1. The van der Waals surface area contributed by atoms with E-state index in [4.69, 9.17) is 19.3 Å². The molecule has 2 heterocycles. The van der Waals surface area contributed by atoms with Crippen molar-refractivity contribution in [3.8, 4) is 0 Å². The van der Waals surface area contributed by atoms with Gasteiger partial charge in [-0.1, -0.05) is 0 Å². The Morgan fingerprint density at radius 2 is 1.96 bits per heavy atom. The van der Waals surface area contributed by atoms with Gasteiger partial charge in [0.25, 0.3) is 5.56 Å². The third-order valence-electron chi connectivity index (χ3n) is 3.23. The smallest absolute Gasteiger partial charge is 0.386 e. The lowest BCUT2D eigenvalue weighted by Gasteiger charge is -2.22. The van der Waals surface area contributed by atoms with E-state index in [-0.39, 0.29) is 6.61 Å². The molecular formula is C10H16N2O12P2. The molecule has 1 aliphatic heterocycles. The first-order valence-corrected chi connectivity index (χ1v) is 9.88. The summed E-state index contributed by atoms with van der Waals surface area (Å²) in [5, 5.41) is 10.3. The lowest BCUT2D eigenvalue weighted by Crippen LogP contribution is -2.38. The first-order valence-electron chi connectivity index (χ1n) is 6.85. The van der Waals surface area contributed by atoms with E-state index in [1.165, 1.54) is 7.11 Å². The quantitative estimate of drug-likeness (QED) is 0.306. The number of methoxy groups -OCH3 is 1. The van der Waals surface area contributed by atoms with Gasteiger partial charge < -0.3 is 29.3 Å². The number of hydrogen-bond acceptors (Lipinski definition) is 9. The van der Waals surface area contributed by atoms with Gasteiger partial charge in [-0.2, -0.15) is 4.31 Å². The number of ether oxygens (including phenoxy) is 2. The molecule has 2 rings (SSSR count). The topological polar surface area (TPSA) is 207 Å². The van der Waals surface area contributed by atoms with Crippen LogP contribution in [0.15, 0.2) is 21.9 Å². The molecule has 26 heavy (non-hydrogen) atoms. The van der Waals surface area contributed by atoms with E-state index in [1.807, 2.05) is 4.98 Å². The Hall–Kier alpha value is -1.18. The Kier molecular flexibility index (Phi) is 6.36. The number of phosphoric acid groups is 2. The molecule has 0 bridgehead atoms. The largest absolute Gasteiger partial charge is 0.481 e. The summed E-state index contributed by atoms with van der Waals surface area (Å²) in [6.45, 7) is -0.272. The third-order valence-corrected chi connectivity index (χ3v) is 5.42. The van der Waals surface area contributed by atoms with Gasteiger partial charge in [0.2, 0.25) is 0 Å². The minimum atomic E-state index is -5.37. The number of aromatic nitrogens is 2. The molecule has 1 unspecified atom stereocenters. The second kappa shape index (κ2) is 7.82. The number of H-pyrrole nitrogens is 1. The minimum absolute atomic E-state index is 0.272. The van der Waals surface area contributed by atoms with Crippen molar-refractivity contribution < 1.29 is 47.2 Å². The van der Waals surface area contributed by atoms with Gasteiger partial charge in [0.1, 0.15) is 18.3 Å². The number of phosphoric ester groups is 1. The molecule has 0 spiro atoms. The summed E-state index contributed by atoms with van der Waals surface area (Å²) in [6, 6.07) is 0.977. The van der Waals surface area contributed by atoms with Crippen molar-refractivity contribution in [3.05, 3.63) is 33.1 Å². The van der Waals surface area contributed by atoms with Crippen LogP contribution in [0.2, 0.25) is 0 Å². The summed E-state index contributed by atoms with van der Waals surface area (Å²) in [7, 11) is -9.43. The molecule has 0 radical (unpaired) electrons. The minimum Gasteiger partial charge on any atom is -0.386 e. The van der Waals surface area contributed by atoms with Crippen molar-refractivity contribution in [3.63, 3.8) is 0 Å². The van der Waals surface area contributed by atoms with Crippen molar-refractivity contribution in [2.24, 2.45) is 0 Å². The lowest BCUT2D eigenvalue weighted by atomic mass is 10.1. The van der Waals surface area contributed by atoms with Crippen molar-refractivity contribution >= 4 is 15.6 Å². The van der Waals surface area contributed by atoms with Gasteiger partial charge in [-0.25, -0.2) is 13.9 Å². The zero-order valence-electron chi connectivity index (χ0n) is 13.1. The van der Waals surface area contributed by atoms with E-state index in [2.05, 4.69) is 8.83 Å². The number of hydrogen-bond donors (Lipinski definition) is 5. The van der Waals surface area contributed by atoms with E-state index < -0.39 is 51.4 Å². The van der Waals surface area contributed by atoms with Crippen LogP contribution in [0.4, 0.5) is 0 Å². The maximum absolute atomic E-state index is 11.8. The van der Waals surface area contributed by atoms with Gasteiger partial charge in [0.15, 0.2) is 6.23 Å². The molecule has 0 aliphatic carbocycles. The average molecular weight is 418 g/mol. The molecule has 16 heteroatoms. The molecule has 1 aromatic heterocycles. The fraction of sp³-hybridized carbons (Fsp3) is 0.600. The van der Waals surface area contributed by atoms with Crippen molar-refractivity contribution in [1.82, 2.24) is 9.55 Å². The zero-order valence-corrected chi connectivity index (χ0v) is 14.9. The Morgan fingerprint density at radius 3 is 2.50 bits per heavy atom. The monoisotopic (exact) mass is 418 g/mol. The van der Waals surface area contributed by atoms with Crippen LogP contribution in [-0.2, 0) is 27.4 Å². The molecule has 1 aliphatic rings.